The Kier molecular flexibility index (Phi) is 23.2. The number of ether oxygens (including phenoxy) is 3. The van der Waals surface area contributed by atoms with Crippen molar-refractivity contribution in [2.75, 3.05) is 33.0 Å². The molecule has 2 atom stereocenters. The SMILES string of the molecule is CC[Si](CC)(CC)CCCOC(CO)C(OCCC[Si](CC)(CC)CC)C(CO)OCCC[Si](CC)(CC)CC. The van der Waals surface area contributed by atoms with Gasteiger partial charge in [0, 0.05) is 19.8 Å². The minimum atomic E-state index is -1.20. The van der Waals surface area contributed by atoms with Gasteiger partial charge in [0.05, 0.1) is 37.4 Å². The largest absolute Gasteiger partial charge is 0.394 e. The van der Waals surface area contributed by atoms with Crippen LogP contribution in [0.4, 0.5) is 0 Å². The molecular weight excluding hydrogens is 549 g/mol. The molecule has 0 aliphatic rings. The first-order valence-corrected chi connectivity index (χ1v) is 25.8. The fourth-order valence-electron chi connectivity index (χ4n) is 6.83. The first-order chi connectivity index (χ1) is 19.2. The van der Waals surface area contributed by atoms with E-state index in [0.717, 1.165) is 19.3 Å². The Bertz CT molecular complexity index is 522. The van der Waals surface area contributed by atoms with Gasteiger partial charge in [-0.15, -0.1) is 0 Å². The molecule has 0 radical (unpaired) electrons. The van der Waals surface area contributed by atoms with E-state index in [1.54, 1.807) is 0 Å². The van der Waals surface area contributed by atoms with Crippen LogP contribution in [-0.4, -0.2) is 85.8 Å². The van der Waals surface area contributed by atoms with Crippen molar-refractivity contribution < 1.29 is 24.4 Å². The van der Waals surface area contributed by atoms with Crippen molar-refractivity contribution in [1.82, 2.24) is 0 Å². The zero-order valence-corrected chi connectivity index (χ0v) is 31.5. The van der Waals surface area contributed by atoms with E-state index in [9.17, 15) is 10.2 Å². The van der Waals surface area contributed by atoms with Crippen LogP contribution in [0.2, 0.25) is 72.5 Å². The zero-order valence-electron chi connectivity index (χ0n) is 28.5. The van der Waals surface area contributed by atoms with Gasteiger partial charge in [-0.05, 0) is 19.3 Å². The average Bonchev–Trinajstić information content (AvgIpc) is 3.01. The molecule has 0 aromatic carbocycles. The van der Waals surface area contributed by atoms with Crippen molar-refractivity contribution in [3.05, 3.63) is 0 Å². The molecule has 40 heavy (non-hydrogen) atoms. The van der Waals surface area contributed by atoms with Crippen LogP contribution in [0.15, 0.2) is 0 Å². The summed E-state index contributed by atoms with van der Waals surface area (Å²) in [6.45, 7) is 22.8. The monoisotopic (exact) mass is 620 g/mol. The maximum Gasteiger partial charge on any atom is 0.114 e. The summed E-state index contributed by atoms with van der Waals surface area (Å²) in [4.78, 5) is 0. The molecule has 0 aromatic heterocycles. The highest BCUT2D eigenvalue weighted by Crippen LogP contribution is 2.29. The van der Waals surface area contributed by atoms with Crippen LogP contribution in [0.1, 0.15) is 81.6 Å². The second-order valence-electron chi connectivity index (χ2n) is 12.5. The lowest BCUT2D eigenvalue weighted by molar-refractivity contribution is -0.159. The van der Waals surface area contributed by atoms with Crippen LogP contribution >= 0.6 is 0 Å². The summed E-state index contributed by atoms with van der Waals surface area (Å²) in [5.74, 6) is 0. The molecule has 2 N–H and O–H groups in total. The van der Waals surface area contributed by atoms with Gasteiger partial charge in [0.1, 0.15) is 18.3 Å². The lowest BCUT2D eigenvalue weighted by Crippen LogP contribution is -2.47. The molecule has 0 saturated heterocycles. The minimum absolute atomic E-state index is 0.114. The third-order valence-electron chi connectivity index (χ3n) is 11.4. The minimum Gasteiger partial charge on any atom is -0.394 e. The van der Waals surface area contributed by atoms with E-state index in [2.05, 4.69) is 62.3 Å². The van der Waals surface area contributed by atoms with E-state index in [1.807, 2.05) is 0 Å². The molecule has 0 spiro atoms. The summed E-state index contributed by atoms with van der Waals surface area (Å²) in [5, 5.41) is 20.8. The third-order valence-corrected chi connectivity index (χ3v) is 29.1. The fourth-order valence-corrected chi connectivity index (χ4v) is 17.2. The number of aliphatic hydroxyl groups is 2. The Morgan fingerprint density at radius 2 is 0.675 bits per heavy atom. The average molecular weight is 621 g/mol. The Morgan fingerprint density at radius 3 is 0.900 bits per heavy atom. The molecule has 2 unspecified atom stereocenters. The topological polar surface area (TPSA) is 68.2 Å². The van der Waals surface area contributed by atoms with Gasteiger partial charge in [-0.1, -0.05) is 135 Å². The van der Waals surface area contributed by atoms with Crippen LogP contribution in [-0.2, 0) is 14.2 Å². The van der Waals surface area contributed by atoms with E-state index in [-0.39, 0.29) is 13.2 Å². The summed E-state index contributed by atoms with van der Waals surface area (Å²) in [5.41, 5.74) is 0. The molecule has 0 heterocycles. The fraction of sp³-hybridized carbons (Fsp3) is 1.00. The summed E-state index contributed by atoms with van der Waals surface area (Å²) in [6.07, 6.45) is 1.70. The number of hydrogen-bond donors (Lipinski definition) is 2. The first-order valence-electron chi connectivity index (χ1n) is 17.3. The molecule has 0 fully saturated rings. The number of hydrogen-bond acceptors (Lipinski definition) is 5. The highest BCUT2D eigenvalue weighted by molar-refractivity contribution is 6.80. The third kappa shape index (κ3) is 13.4. The Balaban J connectivity index is 5.37. The lowest BCUT2D eigenvalue weighted by atomic mass is 10.1. The van der Waals surface area contributed by atoms with Gasteiger partial charge in [0.25, 0.3) is 0 Å². The molecule has 0 aliphatic heterocycles. The van der Waals surface area contributed by atoms with E-state index in [4.69, 9.17) is 14.2 Å². The van der Waals surface area contributed by atoms with Gasteiger partial charge in [-0.2, -0.15) is 0 Å². The van der Waals surface area contributed by atoms with Crippen molar-refractivity contribution >= 4 is 24.2 Å². The highest BCUT2D eigenvalue weighted by Gasteiger charge is 2.33. The quantitative estimate of drug-likeness (QED) is 0.0676. The lowest BCUT2D eigenvalue weighted by Gasteiger charge is -2.34. The van der Waals surface area contributed by atoms with Crippen LogP contribution in [0.25, 0.3) is 0 Å². The van der Waals surface area contributed by atoms with Crippen LogP contribution in [0.3, 0.4) is 0 Å². The molecule has 0 bridgehead atoms. The Hall–Kier alpha value is 0.451. The molecule has 5 nitrogen and oxygen atoms in total. The van der Waals surface area contributed by atoms with Crippen molar-refractivity contribution in [3.8, 4) is 0 Å². The maximum absolute atomic E-state index is 10.4. The standard InChI is InChI=1S/C32H72O5Si3/c1-10-38(11-2,12-3)25-19-22-35-30(28-33)32(37-24-21-27-40(16-7,17-8)18-9)31(29-34)36-23-20-26-39(13-4,14-5)15-6/h30-34H,10-29H2,1-9H3. The predicted molar refractivity (Wildman–Crippen MR) is 183 cm³/mol. The van der Waals surface area contributed by atoms with Crippen molar-refractivity contribution in [1.29, 1.82) is 0 Å². The Morgan fingerprint density at radius 1 is 0.425 bits per heavy atom. The van der Waals surface area contributed by atoms with Crippen LogP contribution in [0, 0.1) is 0 Å². The number of aliphatic hydroxyl groups excluding tert-OH is 2. The molecular formula is C32H72O5Si3. The summed E-state index contributed by atoms with van der Waals surface area (Å²) < 4.78 is 19.1. The number of rotatable bonds is 28. The van der Waals surface area contributed by atoms with Gasteiger partial charge in [0.15, 0.2) is 0 Å². The van der Waals surface area contributed by atoms with Gasteiger partial charge < -0.3 is 24.4 Å². The van der Waals surface area contributed by atoms with Gasteiger partial charge in [-0.3, -0.25) is 0 Å². The normalized spacial score (nSPS) is 15.4. The van der Waals surface area contributed by atoms with Gasteiger partial charge >= 0.3 is 0 Å². The van der Waals surface area contributed by atoms with Gasteiger partial charge in [0.2, 0.25) is 0 Å². The molecule has 0 saturated carbocycles. The van der Waals surface area contributed by atoms with Crippen molar-refractivity contribution in [3.63, 3.8) is 0 Å². The van der Waals surface area contributed by atoms with Crippen LogP contribution in [0.5, 0.6) is 0 Å². The zero-order chi connectivity index (χ0) is 30.5. The van der Waals surface area contributed by atoms with Crippen molar-refractivity contribution in [2.24, 2.45) is 0 Å². The van der Waals surface area contributed by atoms with Crippen LogP contribution < -0.4 is 0 Å². The van der Waals surface area contributed by atoms with E-state index in [0.29, 0.717) is 19.8 Å². The highest BCUT2D eigenvalue weighted by atomic mass is 28.3. The van der Waals surface area contributed by atoms with E-state index >= 15 is 0 Å². The summed E-state index contributed by atoms with van der Waals surface area (Å²) >= 11 is 0. The second kappa shape index (κ2) is 22.9. The molecule has 242 valence electrons. The predicted octanol–water partition coefficient (Wildman–Crippen LogP) is 8.82. The molecule has 8 heteroatoms. The Labute approximate surface area is 253 Å². The van der Waals surface area contributed by atoms with E-state index in [1.165, 1.54) is 72.5 Å². The molecule has 0 aliphatic carbocycles. The molecule has 0 rings (SSSR count). The molecule has 0 amide bonds. The van der Waals surface area contributed by atoms with E-state index < -0.39 is 42.5 Å². The summed E-state index contributed by atoms with van der Waals surface area (Å²) in [7, 11) is -3.58. The van der Waals surface area contributed by atoms with Crippen molar-refractivity contribution in [2.45, 2.75) is 172 Å². The molecule has 0 aromatic rings. The maximum atomic E-state index is 10.4. The smallest absolute Gasteiger partial charge is 0.114 e. The first kappa shape index (κ1) is 40.5. The second-order valence-corrected chi connectivity index (χ2v) is 29.4. The van der Waals surface area contributed by atoms with Gasteiger partial charge in [-0.25, -0.2) is 0 Å². The summed E-state index contributed by atoms with van der Waals surface area (Å²) in [6, 6.07) is 15.7.